The van der Waals surface area contributed by atoms with Crippen LogP contribution in [0.4, 0.5) is 0 Å². The summed E-state index contributed by atoms with van der Waals surface area (Å²) >= 11 is 7.94. The quantitative estimate of drug-likeness (QED) is 0.389. The summed E-state index contributed by atoms with van der Waals surface area (Å²) in [7, 11) is 0. The van der Waals surface area contributed by atoms with E-state index in [-0.39, 0.29) is 11.9 Å². The molecule has 0 spiro atoms. The first-order valence-corrected chi connectivity index (χ1v) is 11.9. The van der Waals surface area contributed by atoms with E-state index in [9.17, 15) is 4.79 Å². The zero-order valence-corrected chi connectivity index (χ0v) is 20.1. The third-order valence-electron chi connectivity index (χ3n) is 5.04. The highest BCUT2D eigenvalue weighted by molar-refractivity contribution is 7.98. The zero-order chi connectivity index (χ0) is 22.4. The van der Waals surface area contributed by atoms with Crippen molar-refractivity contribution < 1.29 is 4.79 Å². The first-order valence-electron chi connectivity index (χ1n) is 10.6. The molecule has 3 aromatic rings. The number of aromatic nitrogens is 3. The summed E-state index contributed by atoms with van der Waals surface area (Å²) in [5, 5.41) is 13.4. The molecule has 3 rings (SSSR count). The molecule has 0 radical (unpaired) electrons. The van der Waals surface area contributed by atoms with Crippen molar-refractivity contribution >= 4 is 29.3 Å². The molecule has 1 amide bonds. The van der Waals surface area contributed by atoms with Crippen LogP contribution >= 0.6 is 23.4 Å². The number of hydrogen-bond acceptors (Lipinski definition) is 4. The van der Waals surface area contributed by atoms with Crippen LogP contribution in [0.15, 0.2) is 47.6 Å². The van der Waals surface area contributed by atoms with Crippen LogP contribution in [-0.2, 0) is 10.5 Å². The number of amides is 1. The molecule has 0 aliphatic heterocycles. The topological polar surface area (TPSA) is 59.8 Å². The molecule has 31 heavy (non-hydrogen) atoms. The molecule has 164 valence electrons. The van der Waals surface area contributed by atoms with E-state index in [0.717, 1.165) is 35.0 Å². The summed E-state index contributed by atoms with van der Waals surface area (Å²) in [5.41, 5.74) is 4.44. The Hall–Kier alpha value is -2.31. The Labute approximate surface area is 193 Å². The van der Waals surface area contributed by atoms with E-state index in [1.54, 1.807) is 11.8 Å². The number of nitrogens with one attached hydrogen (secondary N) is 1. The average Bonchev–Trinajstić information content (AvgIpc) is 3.16. The van der Waals surface area contributed by atoms with Crippen LogP contribution in [0.5, 0.6) is 0 Å². The first kappa shape index (κ1) is 23.4. The fourth-order valence-electron chi connectivity index (χ4n) is 3.37. The summed E-state index contributed by atoms with van der Waals surface area (Å²) in [6.45, 7) is 8.15. The average molecular weight is 457 g/mol. The third-order valence-corrected chi connectivity index (χ3v) is 6.28. The minimum Gasteiger partial charge on any atom is -0.346 e. The highest BCUT2D eigenvalue weighted by Crippen LogP contribution is 2.30. The van der Waals surface area contributed by atoms with Gasteiger partial charge in [-0.25, -0.2) is 0 Å². The van der Waals surface area contributed by atoms with E-state index in [0.29, 0.717) is 17.3 Å². The Bertz CT molecular complexity index is 1050. The monoisotopic (exact) mass is 456 g/mol. The van der Waals surface area contributed by atoms with Crippen LogP contribution in [0.3, 0.4) is 0 Å². The van der Waals surface area contributed by atoms with Crippen molar-refractivity contribution in [3.63, 3.8) is 0 Å². The molecule has 1 atom stereocenters. The second kappa shape index (κ2) is 10.8. The van der Waals surface area contributed by atoms with E-state index in [1.165, 1.54) is 11.1 Å². The third kappa shape index (κ3) is 6.11. The molecule has 0 bridgehead atoms. The number of nitrogens with zero attached hydrogens (tertiary/aromatic N) is 3. The number of hydrogen-bond donors (Lipinski definition) is 1. The number of benzene rings is 2. The van der Waals surface area contributed by atoms with Crippen molar-refractivity contribution in [1.82, 2.24) is 20.1 Å². The fraction of sp³-hybridized carbons (Fsp3) is 0.375. The summed E-state index contributed by atoms with van der Waals surface area (Å²) < 4.78 is 2.02. The number of thioether (sulfide) groups is 1. The van der Waals surface area contributed by atoms with Crippen molar-refractivity contribution in [2.75, 3.05) is 0 Å². The lowest BCUT2D eigenvalue weighted by Gasteiger charge is -2.18. The summed E-state index contributed by atoms with van der Waals surface area (Å²) in [6, 6.07) is 14.0. The molecule has 2 aromatic carbocycles. The maximum atomic E-state index is 12.3. The van der Waals surface area contributed by atoms with Crippen LogP contribution in [0.1, 0.15) is 61.7 Å². The molecule has 0 aliphatic rings. The van der Waals surface area contributed by atoms with Gasteiger partial charge in [-0.2, -0.15) is 0 Å². The van der Waals surface area contributed by atoms with Crippen molar-refractivity contribution in [2.45, 2.75) is 63.9 Å². The van der Waals surface area contributed by atoms with Gasteiger partial charge in [-0.15, -0.1) is 10.2 Å². The molecule has 1 heterocycles. The van der Waals surface area contributed by atoms with Crippen molar-refractivity contribution in [3.8, 4) is 5.69 Å². The smallest absolute Gasteiger partial charge is 0.220 e. The van der Waals surface area contributed by atoms with Crippen molar-refractivity contribution in [3.05, 3.63) is 70.0 Å². The molecule has 7 heteroatoms. The summed E-state index contributed by atoms with van der Waals surface area (Å²) in [5.74, 6) is 1.50. The van der Waals surface area contributed by atoms with Gasteiger partial charge in [0.15, 0.2) is 11.0 Å². The molecule has 1 aromatic heterocycles. The zero-order valence-electron chi connectivity index (χ0n) is 18.5. The Morgan fingerprint density at radius 2 is 2.00 bits per heavy atom. The molecular formula is C24H29ClN4OS. The number of aryl methyl sites for hydroxylation is 2. The van der Waals surface area contributed by atoms with Crippen LogP contribution in [-0.4, -0.2) is 20.7 Å². The van der Waals surface area contributed by atoms with E-state index in [4.69, 9.17) is 11.6 Å². The molecule has 5 nitrogen and oxygen atoms in total. The lowest BCUT2D eigenvalue weighted by Crippen LogP contribution is -2.28. The van der Waals surface area contributed by atoms with Gasteiger partial charge in [0.25, 0.3) is 0 Å². The minimum atomic E-state index is -0.274. The number of unbranched alkanes of at least 4 members (excludes halogenated alkanes) is 1. The van der Waals surface area contributed by atoms with Gasteiger partial charge in [0.05, 0.1) is 11.7 Å². The lowest BCUT2D eigenvalue weighted by atomic mass is 10.2. The van der Waals surface area contributed by atoms with Gasteiger partial charge in [0.1, 0.15) is 0 Å². The predicted octanol–water partition coefficient (Wildman–Crippen LogP) is 6.20. The largest absolute Gasteiger partial charge is 0.346 e. The number of halogens is 1. The van der Waals surface area contributed by atoms with E-state index in [1.807, 2.05) is 36.6 Å². The van der Waals surface area contributed by atoms with Gasteiger partial charge in [0.2, 0.25) is 5.91 Å². The Morgan fingerprint density at radius 1 is 1.19 bits per heavy atom. The highest BCUT2D eigenvalue weighted by atomic mass is 35.5. The van der Waals surface area contributed by atoms with E-state index < -0.39 is 0 Å². The molecule has 1 unspecified atom stereocenters. The Morgan fingerprint density at radius 3 is 2.74 bits per heavy atom. The van der Waals surface area contributed by atoms with Crippen LogP contribution in [0.25, 0.3) is 5.69 Å². The number of carbonyl (C=O) groups is 1. The second-order valence-corrected chi connectivity index (χ2v) is 9.16. The number of rotatable bonds is 9. The van der Waals surface area contributed by atoms with E-state index >= 15 is 0 Å². The fourth-order valence-corrected chi connectivity index (χ4v) is 4.43. The minimum absolute atomic E-state index is 0.0284. The van der Waals surface area contributed by atoms with Gasteiger partial charge in [0, 0.05) is 17.2 Å². The predicted molar refractivity (Wildman–Crippen MR) is 128 cm³/mol. The normalized spacial score (nSPS) is 12.0. The molecular weight excluding hydrogens is 428 g/mol. The SMILES string of the molecule is CCCCC(=O)NC(C)c1nnc(SCc2cccc(C)c2)n1-c1cc(Cl)ccc1C. The van der Waals surface area contributed by atoms with Gasteiger partial charge < -0.3 is 5.32 Å². The molecule has 1 N–H and O–H groups in total. The van der Waals surface area contributed by atoms with Crippen molar-refractivity contribution in [1.29, 1.82) is 0 Å². The van der Waals surface area contributed by atoms with Crippen LogP contribution in [0, 0.1) is 13.8 Å². The molecule has 0 aliphatic carbocycles. The Balaban J connectivity index is 1.93. The Kier molecular flexibility index (Phi) is 8.15. The van der Waals surface area contributed by atoms with Crippen LogP contribution < -0.4 is 5.32 Å². The summed E-state index contributed by atoms with van der Waals surface area (Å²) in [4.78, 5) is 12.3. The molecule has 0 saturated heterocycles. The van der Waals surface area contributed by atoms with Crippen molar-refractivity contribution in [2.24, 2.45) is 0 Å². The van der Waals surface area contributed by atoms with Gasteiger partial charge in [-0.1, -0.05) is 72.6 Å². The van der Waals surface area contributed by atoms with Gasteiger partial charge >= 0.3 is 0 Å². The second-order valence-electron chi connectivity index (χ2n) is 7.78. The highest BCUT2D eigenvalue weighted by Gasteiger charge is 2.22. The van der Waals surface area contributed by atoms with Gasteiger partial charge in [-0.05, 0) is 50.5 Å². The first-order chi connectivity index (χ1) is 14.9. The van der Waals surface area contributed by atoms with E-state index in [2.05, 4.69) is 53.6 Å². The van der Waals surface area contributed by atoms with Crippen LogP contribution in [0.2, 0.25) is 5.02 Å². The molecule has 0 saturated carbocycles. The standard InChI is InChI=1S/C24H29ClN4OS/c1-5-6-10-22(30)26-18(4)23-27-28-24(31-15-19-9-7-8-16(2)13-19)29(23)21-14-20(25)12-11-17(21)3/h7-9,11-14,18H,5-6,10,15H2,1-4H3,(H,26,30). The molecule has 0 fully saturated rings. The maximum absolute atomic E-state index is 12.3. The lowest BCUT2D eigenvalue weighted by molar-refractivity contribution is -0.121. The maximum Gasteiger partial charge on any atom is 0.220 e. The summed E-state index contributed by atoms with van der Waals surface area (Å²) in [6.07, 6.45) is 2.37. The van der Waals surface area contributed by atoms with Gasteiger partial charge in [-0.3, -0.25) is 9.36 Å². The number of carbonyl (C=O) groups excluding carboxylic acids is 1.